The number of fused-ring (bicyclic) bond motifs is 1. The van der Waals surface area contributed by atoms with E-state index < -0.39 is 10.0 Å². The molecule has 2 aromatic rings. The highest BCUT2D eigenvalue weighted by atomic mass is 32.2. The predicted octanol–water partition coefficient (Wildman–Crippen LogP) is 1.83. The number of likely N-dealkylation sites (N-methyl/N-ethyl adjacent to an activating group) is 1. The van der Waals surface area contributed by atoms with Crippen molar-refractivity contribution in [2.24, 2.45) is 0 Å². The highest BCUT2D eigenvalue weighted by Gasteiger charge is 2.38. The minimum absolute atomic E-state index is 0.106. The van der Waals surface area contributed by atoms with Gasteiger partial charge in [0.25, 0.3) is 0 Å². The van der Waals surface area contributed by atoms with E-state index in [4.69, 9.17) is 0 Å². The lowest BCUT2D eigenvalue weighted by Crippen LogP contribution is -3.12. The Morgan fingerprint density at radius 2 is 1.73 bits per heavy atom. The highest BCUT2D eigenvalue weighted by Crippen LogP contribution is 2.30. The van der Waals surface area contributed by atoms with E-state index in [1.165, 1.54) is 22.4 Å². The van der Waals surface area contributed by atoms with Crippen LogP contribution in [0.3, 0.4) is 0 Å². The second kappa shape index (κ2) is 7.14. The molecule has 0 bridgehead atoms. The van der Waals surface area contributed by atoms with Crippen LogP contribution in [0, 0.1) is 0 Å². The van der Waals surface area contributed by atoms with Gasteiger partial charge in [0.1, 0.15) is 0 Å². The third-order valence-corrected chi connectivity index (χ3v) is 7.66. The van der Waals surface area contributed by atoms with Crippen LogP contribution in [0.4, 0.5) is 0 Å². The Morgan fingerprint density at radius 1 is 1.00 bits per heavy atom. The summed E-state index contributed by atoms with van der Waals surface area (Å²) in [6.07, 6.45) is 4.42. The van der Waals surface area contributed by atoms with E-state index in [-0.39, 0.29) is 6.04 Å². The molecule has 1 aliphatic carbocycles. The normalized spacial score (nSPS) is 24.2. The van der Waals surface area contributed by atoms with Gasteiger partial charge in [0.05, 0.1) is 37.6 Å². The van der Waals surface area contributed by atoms with Gasteiger partial charge in [-0.15, -0.1) is 0 Å². The fraction of sp³-hybridized carbons (Fsp3) is 0.429. The standard InChI is InChI=1S/C21H26N2O2S/c1-22-13-14-23(21(16-22)18-8-3-2-4-9-18)26(24,25)20-12-11-17-7-5-6-10-19(17)15-20/h2-4,8-9,11-12,15,21H,5-7,10,13-14,16H2,1H3/p+1/t21-/m0/s1. The monoisotopic (exact) mass is 371 g/mol. The molecule has 0 saturated carbocycles. The molecule has 5 heteroatoms. The summed E-state index contributed by atoms with van der Waals surface area (Å²) in [7, 11) is -1.36. The molecule has 0 radical (unpaired) electrons. The van der Waals surface area contributed by atoms with Gasteiger partial charge in [0.2, 0.25) is 10.0 Å². The Hall–Kier alpha value is -1.69. The van der Waals surface area contributed by atoms with Crippen molar-refractivity contribution in [2.75, 3.05) is 26.7 Å². The van der Waals surface area contributed by atoms with Crippen LogP contribution < -0.4 is 4.90 Å². The number of nitrogens with one attached hydrogen (secondary N) is 1. The molecule has 0 spiro atoms. The highest BCUT2D eigenvalue weighted by molar-refractivity contribution is 7.89. The topological polar surface area (TPSA) is 41.8 Å². The zero-order valence-electron chi connectivity index (χ0n) is 15.3. The summed E-state index contributed by atoms with van der Waals surface area (Å²) in [4.78, 5) is 1.83. The minimum atomic E-state index is -3.50. The average Bonchev–Trinajstić information content (AvgIpc) is 2.68. The summed E-state index contributed by atoms with van der Waals surface area (Å²) in [5.41, 5.74) is 3.61. The van der Waals surface area contributed by atoms with Crippen molar-refractivity contribution < 1.29 is 13.3 Å². The van der Waals surface area contributed by atoms with Crippen LogP contribution in [-0.4, -0.2) is 39.4 Å². The summed E-state index contributed by atoms with van der Waals surface area (Å²) in [5.74, 6) is 0. The maximum Gasteiger partial charge on any atom is 0.244 e. The first-order valence-corrected chi connectivity index (χ1v) is 11.0. The lowest BCUT2D eigenvalue weighted by Gasteiger charge is -2.37. The molecule has 4 rings (SSSR count). The number of hydrogen-bond acceptors (Lipinski definition) is 2. The molecular weight excluding hydrogens is 344 g/mol. The first-order chi connectivity index (χ1) is 12.6. The Labute approximate surface area is 156 Å². The maximum atomic E-state index is 13.5. The molecule has 1 N–H and O–H groups in total. The molecule has 2 atom stereocenters. The third kappa shape index (κ3) is 3.31. The quantitative estimate of drug-likeness (QED) is 0.894. The van der Waals surface area contributed by atoms with Crippen LogP contribution in [0.5, 0.6) is 0 Å². The molecule has 1 unspecified atom stereocenters. The van der Waals surface area contributed by atoms with Crippen molar-refractivity contribution in [3.8, 4) is 0 Å². The molecule has 138 valence electrons. The van der Waals surface area contributed by atoms with Crippen LogP contribution in [0.25, 0.3) is 0 Å². The zero-order valence-corrected chi connectivity index (χ0v) is 16.1. The van der Waals surface area contributed by atoms with E-state index >= 15 is 0 Å². The van der Waals surface area contributed by atoms with Crippen molar-refractivity contribution in [1.29, 1.82) is 0 Å². The van der Waals surface area contributed by atoms with E-state index in [0.29, 0.717) is 11.4 Å². The molecule has 1 aliphatic heterocycles. The number of nitrogens with zero attached hydrogens (tertiary/aromatic N) is 1. The number of piperazine rings is 1. The second-order valence-electron chi connectivity index (χ2n) is 7.59. The summed E-state index contributed by atoms with van der Waals surface area (Å²) < 4.78 is 28.7. The Bertz CT molecular complexity index is 880. The van der Waals surface area contributed by atoms with Crippen LogP contribution in [-0.2, 0) is 22.9 Å². The van der Waals surface area contributed by atoms with Crippen LogP contribution in [0.2, 0.25) is 0 Å². The Kier molecular flexibility index (Phi) is 4.86. The van der Waals surface area contributed by atoms with Gasteiger partial charge in [0, 0.05) is 0 Å². The van der Waals surface area contributed by atoms with Gasteiger partial charge >= 0.3 is 0 Å². The maximum absolute atomic E-state index is 13.5. The molecule has 26 heavy (non-hydrogen) atoms. The first kappa shape index (κ1) is 17.7. The van der Waals surface area contributed by atoms with Crippen LogP contribution >= 0.6 is 0 Å². The van der Waals surface area contributed by atoms with E-state index in [9.17, 15) is 8.42 Å². The van der Waals surface area contributed by atoms with E-state index in [2.05, 4.69) is 7.05 Å². The smallest absolute Gasteiger partial charge is 0.244 e. The second-order valence-corrected chi connectivity index (χ2v) is 9.48. The number of benzene rings is 2. The molecular formula is C21H27N2O2S+. The van der Waals surface area contributed by atoms with Crippen LogP contribution in [0.15, 0.2) is 53.4 Å². The minimum Gasteiger partial charge on any atom is -0.335 e. The molecule has 0 amide bonds. The predicted molar refractivity (Wildman–Crippen MR) is 103 cm³/mol. The van der Waals surface area contributed by atoms with Crippen molar-refractivity contribution >= 4 is 10.0 Å². The number of sulfonamides is 1. The largest absolute Gasteiger partial charge is 0.335 e. The molecule has 1 saturated heterocycles. The first-order valence-electron chi connectivity index (χ1n) is 9.55. The fourth-order valence-corrected chi connectivity index (χ4v) is 5.91. The van der Waals surface area contributed by atoms with Crippen LogP contribution in [0.1, 0.15) is 35.6 Å². The van der Waals surface area contributed by atoms with Gasteiger partial charge in [-0.2, -0.15) is 4.31 Å². The number of rotatable bonds is 3. The van der Waals surface area contributed by atoms with E-state index in [0.717, 1.165) is 37.9 Å². The Balaban J connectivity index is 1.71. The fourth-order valence-electron chi connectivity index (χ4n) is 4.24. The van der Waals surface area contributed by atoms with Gasteiger partial charge < -0.3 is 4.90 Å². The van der Waals surface area contributed by atoms with E-state index in [1.54, 1.807) is 4.31 Å². The van der Waals surface area contributed by atoms with Gasteiger partial charge in [-0.3, -0.25) is 0 Å². The lowest BCUT2D eigenvalue weighted by molar-refractivity contribution is -0.887. The average molecular weight is 372 g/mol. The summed E-state index contributed by atoms with van der Waals surface area (Å²) in [5, 5.41) is 0. The van der Waals surface area contributed by atoms with Crippen molar-refractivity contribution in [1.82, 2.24) is 4.31 Å². The van der Waals surface area contributed by atoms with Gasteiger partial charge in [-0.1, -0.05) is 36.4 Å². The van der Waals surface area contributed by atoms with Crippen molar-refractivity contribution in [3.05, 3.63) is 65.2 Å². The third-order valence-electron chi connectivity index (χ3n) is 5.76. The van der Waals surface area contributed by atoms with Gasteiger partial charge in [-0.25, -0.2) is 8.42 Å². The molecule has 1 fully saturated rings. The molecule has 0 aromatic heterocycles. The lowest BCUT2D eigenvalue weighted by atomic mass is 9.92. The summed E-state index contributed by atoms with van der Waals surface area (Å²) in [6.45, 7) is 2.20. The van der Waals surface area contributed by atoms with Crippen molar-refractivity contribution in [2.45, 2.75) is 36.6 Å². The SMILES string of the molecule is C[NH+]1CCN(S(=O)(=O)c2ccc3c(c2)CCCC3)[C@H](c2ccccc2)C1. The summed E-state index contributed by atoms with van der Waals surface area (Å²) in [6, 6.07) is 15.7. The van der Waals surface area contributed by atoms with Gasteiger partial charge in [-0.05, 0) is 54.5 Å². The molecule has 2 aromatic carbocycles. The molecule has 2 aliphatic rings. The molecule has 4 nitrogen and oxygen atoms in total. The zero-order chi connectivity index (χ0) is 18.1. The number of aryl methyl sites for hydroxylation is 2. The number of quaternary nitrogens is 1. The number of hydrogen-bond donors (Lipinski definition) is 1. The Morgan fingerprint density at radius 3 is 2.50 bits per heavy atom. The van der Waals surface area contributed by atoms with E-state index in [1.807, 2.05) is 48.5 Å². The van der Waals surface area contributed by atoms with Gasteiger partial charge in [0.15, 0.2) is 0 Å². The summed E-state index contributed by atoms with van der Waals surface area (Å²) >= 11 is 0. The van der Waals surface area contributed by atoms with Crippen molar-refractivity contribution in [3.63, 3.8) is 0 Å². The molecule has 1 heterocycles.